The third kappa shape index (κ3) is 3.24. The fourth-order valence-corrected chi connectivity index (χ4v) is 2.32. The average Bonchev–Trinajstić information content (AvgIpc) is 2.93. The number of rotatable bonds is 5. The number of amides is 1. The van der Waals surface area contributed by atoms with E-state index in [2.05, 4.69) is 0 Å². The highest BCUT2D eigenvalue weighted by Crippen LogP contribution is 2.20. The van der Waals surface area contributed by atoms with Gasteiger partial charge in [-0.15, -0.1) is 0 Å². The molecule has 1 aliphatic rings. The fourth-order valence-electron chi connectivity index (χ4n) is 2.32. The summed E-state index contributed by atoms with van der Waals surface area (Å²) in [6.45, 7) is 1.01. The van der Waals surface area contributed by atoms with Crippen molar-refractivity contribution in [1.82, 2.24) is 4.90 Å². The van der Waals surface area contributed by atoms with E-state index in [1.165, 1.54) is 18.2 Å². The van der Waals surface area contributed by atoms with Crippen LogP contribution in [0.3, 0.4) is 0 Å². The van der Waals surface area contributed by atoms with Crippen LogP contribution in [0.5, 0.6) is 5.75 Å². The highest BCUT2D eigenvalue weighted by molar-refractivity contribution is 5.78. The SMILES string of the molecule is NCC1CCCN1C(=O)COc1cccc([N+](=O)[O-])c1. The minimum atomic E-state index is -0.500. The largest absolute Gasteiger partial charge is 0.484 e. The maximum atomic E-state index is 12.0. The van der Waals surface area contributed by atoms with Gasteiger partial charge in [-0.05, 0) is 18.9 Å². The Morgan fingerprint density at radius 2 is 2.35 bits per heavy atom. The Morgan fingerprint density at radius 1 is 1.55 bits per heavy atom. The summed E-state index contributed by atoms with van der Waals surface area (Å²) in [7, 11) is 0. The number of nitro groups is 1. The van der Waals surface area contributed by atoms with E-state index in [4.69, 9.17) is 10.5 Å². The van der Waals surface area contributed by atoms with Gasteiger partial charge in [0.2, 0.25) is 0 Å². The predicted molar refractivity (Wildman–Crippen MR) is 72.4 cm³/mol. The molecule has 1 fully saturated rings. The normalized spacial score (nSPS) is 18.1. The lowest BCUT2D eigenvalue weighted by Gasteiger charge is -2.23. The predicted octanol–water partition coefficient (Wildman–Crippen LogP) is 0.923. The standard InChI is InChI=1S/C13H17N3O4/c14-8-11-4-2-6-15(11)13(17)9-20-12-5-1-3-10(7-12)16(18)19/h1,3,5,7,11H,2,4,6,8-9,14H2. The van der Waals surface area contributed by atoms with Crippen molar-refractivity contribution in [1.29, 1.82) is 0 Å². The van der Waals surface area contributed by atoms with Crippen molar-refractivity contribution in [3.8, 4) is 5.75 Å². The summed E-state index contributed by atoms with van der Waals surface area (Å²) in [5.74, 6) is 0.181. The van der Waals surface area contributed by atoms with Crippen LogP contribution >= 0.6 is 0 Å². The Kier molecular flexibility index (Phi) is 4.52. The molecule has 0 bridgehead atoms. The lowest BCUT2D eigenvalue weighted by Crippen LogP contribution is -2.42. The number of nitrogens with zero attached hydrogens (tertiary/aromatic N) is 2. The van der Waals surface area contributed by atoms with Crippen LogP contribution < -0.4 is 10.5 Å². The minimum absolute atomic E-state index is 0.0593. The first kappa shape index (κ1) is 14.3. The third-order valence-electron chi connectivity index (χ3n) is 3.36. The number of nitrogens with two attached hydrogens (primary N) is 1. The summed E-state index contributed by atoms with van der Waals surface area (Å²) in [6.07, 6.45) is 1.86. The second-order valence-corrected chi connectivity index (χ2v) is 4.66. The first-order valence-electron chi connectivity index (χ1n) is 6.48. The van der Waals surface area contributed by atoms with Crippen LogP contribution in [0.1, 0.15) is 12.8 Å². The Bertz CT molecular complexity index is 506. The molecular weight excluding hydrogens is 262 g/mol. The van der Waals surface area contributed by atoms with Crippen LogP contribution in [-0.4, -0.2) is 41.5 Å². The van der Waals surface area contributed by atoms with Gasteiger partial charge in [-0.2, -0.15) is 0 Å². The van der Waals surface area contributed by atoms with Gasteiger partial charge < -0.3 is 15.4 Å². The fraction of sp³-hybridized carbons (Fsp3) is 0.462. The molecule has 7 nitrogen and oxygen atoms in total. The van der Waals surface area contributed by atoms with Gasteiger partial charge in [0.1, 0.15) is 5.75 Å². The molecule has 1 amide bonds. The quantitative estimate of drug-likeness (QED) is 0.638. The Labute approximate surface area is 116 Å². The summed E-state index contributed by atoms with van der Waals surface area (Å²) in [4.78, 5) is 23.9. The molecule has 20 heavy (non-hydrogen) atoms. The van der Waals surface area contributed by atoms with Crippen LogP contribution in [-0.2, 0) is 4.79 Å². The molecule has 108 valence electrons. The summed E-state index contributed by atoms with van der Waals surface area (Å²) in [5.41, 5.74) is 5.55. The smallest absolute Gasteiger partial charge is 0.273 e. The molecule has 1 aromatic carbocycles. The van der Waals surface area contributed by atoms with Crippen molar-refractivity contribution >= 4 is 11.6 Å². The molecule has 1 atom stereocenters. The molecule has 1 heterocycles. The van der Waals surface area contributed by atoms with E-state index in [-0.39, 0.29) is 24.2 Å². The Hall–Kier alpha value is -2.15. The number of hydrogen-bond donors (Lipinski definition) is 1. The van der Waals surface area contributed by atoms with E-state index in [1.54, 1.807) is 11.0 Å². The molecule has 1 aliphatic heterocycles. The number of carbonyl (C=O) groups excluding carboxylic acids is 1. The minimum Gasteiger partial charge on any atom is -0.484 e. The number of ether oxygens (including phenoxy) is 1. The van der Waals surface area contributed by atoms with Gasteiger partial charge in [-0.1, -0.05) is 6.07 Å². The highest BCUT2D eigenvalue weighted by Gasteiger charge is 2.27. The molecule has 0 aliphatic carbocycles. The monoisotopic (exact) mass is 279 g/mol. The van der Waals surface area contributed by atoms with Crippen molar-refractivity contribution in [3.63, 3.8) is 0 Å². The van der Waals surface area contributed by atoms with Gasteiger partial charge in [0.05, 0.1) is 11.0 Å². The number of hydrogen-bond acceptors (Lipinski definition) is 5. The molecule has 0 radical (unpaired) electrons. The van der Waals surface area contributed by atoms with Crippen molar-refractivity contribution in [2.75, 3.05) is 19.7 Å². The van der Waals surface area contributed by atoms with Crippen LogP contribution in [0.4, 0.5) is 5.69 Å². The average molecular weight is 279 g/mol. The zero-order valence-corrected chi connectivity index (χ0v) is 11.0. The lowest BCUT2D eigenvalue weighted by molar-refractivity contribution is -0.384. The van der Waals surface area contributed by atoms with E-state index in [9.17, 15) is 14.9 Å². The number of benzene rings is 1. The summed E-state index contributed by atoms with van der Waals surface area (Å²) < 4.78 is 5.33. The van der Waals surface area contributed by atoms with Gasteiger partial charge >= 0.3 is 0 Å². The number of nitro benzene ring substituents is 1. The summed E-state index contributed by atoms with van der Waals surface area (Å²) in [5, 5.41) is 10.6. The second kappa shape index (κ2) is 6.33. The van der Waals surface area contributed by atoms with Gasteiger partial charge in [0.15, 0.2) is 6.61 Å². The lowest BCUT2D eigenvalue weighted by atomic mass is 10.2. The molecule has 0 spiro atoms. The topological polar surface area (TPSA) is 98.7 Å². The number of likely N-dealkylation sites (tertiary alicyclic amines) is 1. The molecule has 2 N–H and O–H groups in total. The molecule has 0 aromatic heterocycles. The van der Waals surface area contributed by atoms with E-state index >= 15 is 0 Å². The third-order valence-corrected chi connectivity index (χ3v) is 3.36. The molecule has 2 rings (SSSR count). The van der Waals surface area contributed by atoms with Gasteiger partial charge in [0, 0.05) is 25.2 Å². The van der Waals surface area contributed by atoms with Crippen LogP contribution in [0.2, 0.25) is 0 Å². The van der Waals surface area contributed by atoms with E-state index in [1.807, 2.05) is 0 Å². The maximum Gasteiger partial charge on any atom is 0.273 e. The molecule has 1 unspecified atom stereocenters. The van der Waals surface area contributed by atoms with Gasteiger partial charge in [0.25, 0.3) is 11.6 Å². The van der Waals surface area contributed by atoms with Gasteiger partial charge in [-0.25, -0.2) is 0 Å². The van der Waals surface area contributed by atoms with E-state index in [0.29, 0.717) is 18.8 Å². The van der Waals surface area contributed by atoms with Crippen molar-refractivity contribution < 1.29 is 14.5 Å². The Morgan fingerprint density at radius 3 is 3.05 bits per heavy atom. The van der Waals surface area contributed by atoms with Gasteiger partial charge in [-0.3, -0.25) is 14.9 Å². The number of carbonyl (C=O) groups is 1. The van der Waals surface area contributed by atoms with Crippen LogP contribution in [0.15, 0.2) is 24.3 Å². The first-order valence-corrected chi connectivity index (χ1v) is 6.48. The molecule has 1 aromatic rings. The van der Waals surface area contributed by atoms with Crippen molar-refractivity contribution in [3.05, 3.63) is 34.4 Å². The van der Waals surface area contributed by atoms with Crippen LogP contribution in [0, 0.1) is 10.1 Å². The first-order chi connectivity index (χ1) is 9.61. The van der Waals surface area contributed by atoms with E-state index in [0.717, 1.165) is 12.8 Å². The molecular formula is C13H17N3O4. The molecule has 7 heteroatoms. The molecule has 1 saturated heterocycles. The summed E-state index contributed by atoms with van der Waals surface area (Å²) in [6, 6.07) is 5.87. The number of non-ortho nitro benzene ring substituents is 1. The van der Waals surface area contributed by atoms with Crippen LogP contribution in [0.25, 0.3) is 0 Å². The zero-order valence-electron chi connectivity index (χ0n) is 11.0. The second-order valence-electron chi connectivity index (χ2n) is 4.66. The maximum absolute atomic E-state index is 12.0. The highest BCUT2D eigenvalue weighted by atomic mass is 16.6. The van der Waals surface area contributed by atoms with Crippen molar-refractivity contribution in [2.24, 2.45) is 5.73 Å². The summed E-state index contributed by atoms with van der Waals surface area (Å²) >= 11 is 0. The Balaban J connectivity index is 1.93. The van der Waals surface area contributed by atoms with E-state index < -0.39 is 4.92 Å². The molecule has 0 saturated carbocycles. The zero-order chi connectivity index (χ0) is 14.5. The van der Waals surface area contributed by atoms with Crippen molar-refractivity contribution in [2.45, 2.75) is 18.9 Å².